The van der Waals surface area contributed by atoms with Crippen LogP contribution in [0.5, 0.6) is 0 Å². The van der Waals surface area contributed by atoms with E-state index in [1.54, 1.807) is 0 Å². The van der Waals surface area contributed by atoms with Crippen LogP contribution in [0.4, 0.5) is 0 Å². The van der Waals surface area contributed by atoms with Crippen molar-refractivity contribution in [2.75, 3.05) is 13.2 Å². The van der Waals surface area contributed by atoms with Crippen LogP contribution in [0.25, 0.3) is 0 Å². The molecule has 6 heteroatoms. The summed E-state index contributed by atoms with van der Waals surface area (Å²) in [6.45, 7) is 6.41. The average molecular weight is 877 g/mol. The molecule has 0 aliphatic carbocycles. The predicted molar refractivity (Wildman–Crippen MR) is 270 cm³/mol. The van der Waals surface area contributed by atoms with Crippen LogP contribution in [0.1, 0.15) is 239 Å². The summed E-state index contributed by atoms with van der Waals surface area (Å²) in [5.41, 5.74) is 0. The van der Waals surface area contributed by atoms with Gasteiger partial charge in [-0.25, -0.2) is 0 Å². The summed E-state index contributed by atoms with van der Waals surface area (Å²) < 4.78 is 16.6. The lowest BCUT2D eigenvalue weighted by molar-refractivity contribution is -0.167. The zero-order valence-corrected chi connectivity index (χ0v) is 41.1. The second-order valence-electron chi connectivity index (χ2n) is 17.1. The van der Waals surface area contributed by atoms with Crippen LogP contribution in [-0.2, 0) is 28.6 Å². The molecule has 0 saturated carbocycles. The van der Waals surface area contributed by atoms with E-state index in [2.05, 4.69) is 106 Å². The molecular weight excluding hydrogens is 781 g/mol. The molecule has 1 unspecified atom stereocenters. The van der Waals surface area contributed by atoms with Crippen molar-refractivity contribution in [1.82, 2.24) is 0 Å². The van der Waals surface area contributed by atoms with E-state index in [0.29, 0.717) is 19.3 Å². The summed E-state index contributed by atoms with van der Waals surface area (Å²) in [4.78, 5) is 37.7. The van der Waals surface area contributed by atoms with Crippen LogP contribution < -0.4 is 0 Å². The normalized spacial score (nSPS) is 12.7. The van der Waals surface area contributed by atoms with Crippen molar-refractivity contribution in [3.63, 3.8) is 0 Å². The lowest BCUT2D eigenvalue weighted by atomic mass is 10.0. The zero-order chi connectivity index (χ0) is 45.8. The van der Waals surface area contributed by atoms with E-state index >= 15 is 0 Å². The highest BCUT2D eigenvalue weighted by Crippen LogP contribution is 2.15. The molecule has 0 amide bonds. The van der Waals surface area contributed by atoms with Gasteiger partial charge in [0.15, 0.2) is 6.10 Å². The minimum atomic E-state index is -0.784. The smallest absolute Gasteiger partial charge is 0.306 e. The number of unbranched alkanes of at least 4 members (excludes halogenated alkanes) is 21. The van der Waals surface area contributed by atoms with Gasteiger partial charge in [0.1, 0.15) is 13.2 Å². The van der Waals surface area contributed by atoms with Crippen molar-refractivity contribution in [2.45, 2.75) is 245 Å². The van der Waals surface area contributed by atoms with E-state index in [-0.39, 0.29) is 31.1 Å². The molecule has 0 bridgehead atoms. The average Bonchev–Trinajstić information content (AvgIpc) is 3.28. The van der Waals surface area contributed by atoms with Crippen LogP contribution in [0.3, 0.4) is 0 Å². The van der Waals surface area contributed by atoms with Gasteiger partial charge in [-0.15, -0.1) is 0 Å². The van der Waals surface area contributed by atoms with E-state index in [1.165, 1.54) is 83.5 Å². The van der Waals surface area contributed by atoms with Crippen molar-refractivity contribution in [1.29, 1.82) is 0 Å². The molecule has 0 aromatic rings. The molecule has 0 aliphatic rings. The Morgan fingerprint density at radius 1 is 0.333 bits per heavy atom. The highest BCUT2D eigenvalue weighted by molar-refractivity contribution is 5.71. The Kier molecular flexibility index (Phi) is 48.5. The number of carbonyl (C=O) groups is 3. The standard InChI is InChI=1S/C57H96O6/c1-4-7-10-13-15-17-19-21-23-24-25-26-27-28-29-30-31-32-34-35-37-39-41-44-47-50-56(59)62-53-54(52-61-55(58)49-46-43-12-9-6-3)63-57(60)51-48-45-42-40-38-36-33-22-20-18-16-14-11-8-5-2/h7,10,15,17,21,23,25-26,28-29,31-32,35,37,54H,4-6,8-9,11-14,16,18-20,22,24,27,30,33-34,36,38-53H2,1-3H3/b10-7-,17-15-,23-21-,26-25-,29-28-,32-31-,37-35-. The van der Waals surface area contributed by atoms with E-state index < -0.39 is 6.10 Å². The van der Waals surface area contributed by atoms with Crippen molar-refractivity contribution in [3.05, 3.63) is 85.1 Å². The number of esters is 3. The highest BCUT2D eigenvalue weighted by atomic mass is 16.6. The van der Waals surface area contributed by atoms with Gasteiger partial charge in [0.25, 0.3) is 0 Å². The molecule has 1 atom stereocenters. The van der Waals surface area contributed by atoms with E-state index in [0.717, 1.165) is 116 Å². The lowest BCUT2D eigenvalue weighted by Crippen LogP contribution is -2.30. The molecule has 6 nitrogen and oxygen atoms in total. The summed E-state index contributed by atoms with van der Waals surface area (Å²) in [6, 6.07) is 0. The molecule has 0 spiro atoms. The predicted octanol–water partition coefficient (Wildman–Crippen LogP) is 17.2. The maximum absolute atomic E-state index is 12.7. The van der Waals surface area contributed by atoms with E-state index in [4.69, 9.17) is 14.2 Å². The van der Waals surface area contributed by atoms with Gasteiger partial charge >= 0.3 is 17.9 Å². The molecule has 360 valence electrons. The van der Waals surface area contributed by atoms with Crippen LogP contribution in [0.2, 0.25) is 0 Å². The molecule has 0 aromatic carbocycles. The fourth-order valence-electron chi connectivity index (χ4n) is 7.01. The number of rotatable bonds is 46. The first-order chi connectivity index (χ1) is 31.0. The van der Waals surface area contributed by atoms with Crippen molar-refractivity contribution < 1.29 is 28.6 Å². The first-order valence-electron chi connectivity index (χ1n) is 26.1. The quantitative estimate of drug-likeness (QED) is 0.0262. The molecule has 0 heterocycles. The van der Waals surface area contributed by atoms with Gasteiger partial charge in [-0.2, -0.15) is 0 Å². The minimum Gasteiger partial charge on any atom is -0.462 e. The lowest BCUT2D eigenvalue weighted by Gasteiger charge is -2.18. The van der Waals surface area contributed by atoms with Crippen LogP contribution in [0, 0.1) is 0 Å². The molecule has 0 N–H and O–H groups in total. The summed E-state index contributed by atoms with van der Waals surface area (Å²) >= 11 is 0. The SMILES string of the molecule is CC/C=C\C/C=C\C/C=C\C/C=C\C/C=C\C/C=C\C/C=C\CCCCCC(=O)OCC(COC(=O)CCCCCCC)OC(=O)CCCCCCCCCCCCCCCCC. The summed E-state index contributed by atoms with van der Waals surface area (Å²) in [5.74, 6) is -0.934. The molecular formula is C57H96O6. The van der Waals surface area contributed by atoms with E-state index in [9.17, 15) is 14.4 Å². The minimum absolute atomic E-state index is 0.0867. The summed E-state index contributed by atoms with van der Waals surface area (Å²) in [5, 5.41) is 0. The molecule has 0 rings (SSSR count). The van der Waals surface area contributed by atoms with Gasteiger partial charge in [-0.3, -0.25) is 14.4 Å². The van der Waals surface area contributed by atoms with Crippen molar-refractivity contribution in [3.8, 4) is 0 Å². The van der Waals surface area contributed by atoms with Crippen LogP contribution >= 0.6 is 0 Å². The molecule has 63 heavy (non-hydrogen) atoms. The Labute approximate surface area is 388 Å². The number of hydrogen-bond acceptors (Lipinski definition) is 6. The number of allylic oxidation sites excluding steroid dienone is 14. The first kappa shape index (κ1) is 59.6. The van der Waals surface area contributed by atoms with E-state index in [1.807, 2.05) is 0 Å². The molecule has 0 saturated heterocycles. The van der Waals surface area contributed by atoms with Crippen LogP contribution in [0.15, 0.2) is 85.1 Å². The van der Waals surface area contributed by atoms with Gasteiger partial charge in [0.05, 0.1) is 0 Å². The summed E-state index contributed by atoms with van der Waals surface area (Å²) in [6.07, 6.45) is 66.1. The van der Waals surface area contributed by atoms with Gasteiger partial charge in [0, 0.05) is 19.3 Å². The third-order valence-electron chi connectivity index (χ3n) is 10.9. The van der Waals surface area contributed by atoms with Crippen LogP contribution in [-0.4, -0.2) is 37.2 Å². The maximum atomic E-state index is 12.7. The monoisotopic (exact) mass is 877 g/mol. The number of ether oxygens (including phenoxy) is 3. The first-order valence-corrected chi connectivity index (χ1v) is 26.1. The summed E-state index contributed by atoms with van der Waals surface area (Å²) in [7, 11) is 0. The fraction of sp³-hybridized carbons (Fsp3) is 0.702. The van der Waals surface area contributed by atoms with Gasteiger partial charge < -0.3 is 14.2 Å². The Balaban J connectivity index is 4.22. The van der Waals surface area contributed by atoms with Crippen molar-refractivity contribution >= 4 is 17.9 Å². The third-order valence-corrected chi connectivity index (χ3v) is 10.9. The zero-order valence-electron chi connectivity index (χ0n) is 41.1. The topological polar surface area (TPSA) is 78.9 Å². The van der Waals surface area contributed by atoms with Gasteiger partial charge in [-0.05, 0) is 77.0 Å². The Morgan fingerprint density at radius 3 is 0.968 bits per heavy atom. The Hall–Kier alpha value is -3.41. The number of hydrogen-bond donors (Lipinski definition) is 0. The second-order valence-corrected chi connectivity index (χ2v) is 17.1. The highest BCUT2D eigenvalue weighted by Gasteiger charge is 2.19. The van der Waals surface area contributed by atoms with Gasteiger partial charge in [-0.1, -0.05) is 228 Å². The second kappa shape index (κ2) is 51.2. The Morgan fingerprint density at radius 2 is 0.619 bits per heavy atom. The third kappa shape index (κ3) is 49.5. The maximum Gasteiger partial charge on any atom is 0.306 e. The van der Waals surface area contributed by atoms with Gasteiger partial charge in [0.2, 0.25) is 0 Å². The molecule has 0 fully saturated rings. The molecule has 0 aromatic heterocycles. The fourth-order valence-corrected chi connectivity index (χ4v) is 7.01. The largest absolute Gasteiger partial charge is 0.462 e. The van der Waals surface area contributed by atoms with Crippen molar-refractivity contribution in [2.24, 2.45) is 0 Å². The Bertz CT molecular complexity index is 1240. The molecule has 0 aliphatic heterocycles. The number of carbonyl (C=O) groups excluding carboxylic acids is 3. The molecule has 0 radical (unpaired) electrons.